The van der Waals surface area contributed by atoms with E-state index in [9.17, 15) is 4.79 Å². The van der Waals surface area contributed by atoms with Crippen molar-refractivity contribution < 1.29 is 14.6 Å². The predicted octanol–water partition coefficient (Wildman–Crippen LogP) is 1.11. The monoisotopic (exact) mass is 221 g/mol. The number of rotatable bonds is 2. The van der Waals surface area contributed by atoms with Crippen molar-refractivity contribution in [3.8, 4) is 0 Å². The number of hydrogen-bond acceptors (Lipinski definition) is 3. The van der Waals surface area contributed by atoms with Crippen LogP contribution < -0.4 is 5.32 Å². The maximum atomic E-state index is 10.7. The molecule has 16 heavy (non-hydrogen) atoms. The quantitative estimate of drug-likeness (QED) is 0.785. The van der Waals surface area contributed by atoms with Crippen LogP contribution in [0.1, 0.15) is 17.2 Å². The largest absolute Gasteiger partial charge is 0.479 e. The van der Waals surface area contributed by atoms with Gasteiger partial charge in [-0.15, -0.1) is 0 Å². The van der Waals surface area contributed by atoms with Crippen LogP contribution in [0, 0.1) is 6.92 Å². The molecule has 1 aliphatic rings. The van der Waals surface area contributed by atoms with E-state index in [2.05, 4.69) is 5.32 Å². The minimum Gasteiger partial charge on any atom is -0.479 e. The molecule has 2 unspecified atom stereocenters. The summed E-state index contributed by atoms with van der Waals surface area (Å²) in [4.78, 5) is 10.7. The molecule has 2 N–H and O–H groups in total. The molecule has 4 heteroatoms. The van der Waals surface area contributed by atoms with Gasteiger partial charge in [0.2, 0.25) is 0 Å². The molecule has 0 spiro atoms. The highest BCUT2D eigenvalue weighted by Gasteiger charge is 2.27. The maximum Gasteiger partial charge on any atom is 0.334 e. The van der Waals surface area contributed by atoms with Gasteiger partial charge in [-0.05, 0) is 18.1 Å². The number of aryl methyl sites for hydroxylation is 1. The lowest BCUT2D eigenvalue weighted by atomic mass is 10.0. The Morgan fingerprint density at radius 3 is 2.81 bits per heavy atom. The molecule has 0 amide bonds. The molecule has 4 nitrogen and oxygen atoms in total. The van der Waals surface area contributed by atoms with E-state index in [1.807, 2.05) is 31.2 Å². The molecule has 2 atom stereocenters. The van der Waals surface area contributed by atoms with Gasteiger partial charge in [-0.2, -0.15) is 0 Å². The second-order valence-corrected chi connectivity index (χ2v) is 3.98. The summed E-state index contributed by atoms with van der Waals surface area (Å²) >= 11 is 0. The fourth-order valence-electron chi connectivity index (χ4n) is 1.92. The summed E-state index contributed by atoms with van der Waals surface area (Å²) in [5, 5.41) is 12.0. The Hall–Kier alpha value is -1.39. The lowest BCUT2D eigenvalue weighted by Gasteiger charge is -2.29. The fourth-order valence-corrected chi connectivity index (χ4v) is 1.92. The average Bonchev–Trinajstić information content (AvgIpc) is 2.30. The van der Waals surface area contributed by atoms with E-state index in [4.69, 9.17) is 9.84 Å². The van der Waals surface area contributed by atoms with Gasteiger partial charge >= 0.3 is 5.97 Å². The van der Waals surface area contributed by atoms with Crippen LogP contribution in [0.25, 0.3) is 0 Å². The third-order valence-corrected chi connectivity index (χ3v) is 2.85. The van der Waals surface area contributed by atoms with Gasteiger partial charge in [0, 0.05) is 6.54 Å². The Labute approximate surface area is 94.2 Å². The SMILES string of the molecule is Cc1ccccc1C1COC(C(=O)O)CN1. The number of hydrogen-bond donors (Lipinski definition) is 2. The van der Waals surface area contributed by atoms with Crippen LogP contribution in [-0.2, 0) is 9.53 Å². The summed E-state index contributed by atoms with van der Waals surface area (Å²) in [7, 11) is 0. The van der Waals surface area contributed by atoms with Gasteiger partial charge in [0.25, 0.3) is 0 Å². The van der Waals surface area contributed by atoms with Crippen LogP contribution in [0.5, 0.6) is 0 Å². The van der Waals surface area contributed by atoms with E-state index in [1.165, 1.54) is 11.1 Å². The smallest absolute Gasteiger partial charge is 0.334 e. The Morgan fingerprint density at radius 1 is 1.50 bits per heavy atom. The summed E-state index contributed by atoms with van der Waals surface area (Å²) < 4.78 is 5.30. The van der Waals surface area contributed by atoms with Crippen LogP contribution >= 0.6 is 0 Å². The Balaban J connectivity index is 2.05. The van der Waals surface area contributed by atoms with Crippen molar-refractivity contribution in [3.05, 3.63) is 35.4 Å². The molecule has 1 heterocycles. The molecule has 1 aliphatic heterocycles. The molecular formula is C12H15NO3. The van der Waals surface area contributed by atoms with Crippen molar-refractivity contribution in [2.45, 2.75) is 19.1 Å². The van der Waals surface area contributed by atoms with E-state index in [0.717, 1.165) is 0 Å². The third kappa shape index (κ3) is 2.23. The van der Waals surface area contributed by atoms with E-state index >= 15 is 0 Å². The molecule has 2 rings (SSSR count). The number of ether oxygens (including phenoxy) is 1. The highest BCUT2D eigenvalue weighted by Crippen LogP contribution is 2.20. The lowest BCUT2D eigenvalue weighted by Crippen LogP contribution is -2.45. The molecule has 0 saturated carbocycles. The van der Waals surface area contributed by atoms with Crippen molar-refractivity contribution >= 4 is 5.97 Å². The molecule has 0 aliphatic carbocycles. The fraction of sp³-hybridized carbons (Fsp3) is 0.417. The molecule has 0 aromatic heterocycles. The molecule has 0 bridgehead atoms. The van der Waals surface area contributed by atoms with E-state index in [0.29, 0.717) is 13.2 Å². The number of nitrogens with one attached hydrogen (secondary N) is 1. The van der Waals surface area contributed by atoms with Gasteiger partial charge in [0.15, 0.2) is 6.10 Å². The second kappa shape index (κ2) is 4.63. The van der Waals surface area contributed by atoms with Crippen molar-refractivity contribution in [2.75, 3.05) is 13.2 Å². The predicted molar refractivity (Wildman–Crippen MR) is 59.3 cm³/mol. The van der Waals surface area contributed by atoms with Crippen LogP contribution in [0.3, 0.4) is 0 Å². The van der Waals surface area contributed by atoms with Gasteiger partial charge in [-0.3, -0.25) is 0 Å². The van der Waals surface area contributed by atoms with Gasteiger partial charge in [-0.25, -0.2) is 4.79 Å². The molecule has 0 radical (unpaired) electrons. The van der Waals surface area contributed by atoms with E-state index in [-0.39, 0.29) is 6.04 Å². The number of carboxylic acid groups (broad SMARTS) is 1. The van der Waals surface area contributed by atoms with Crippen molar-refractivity contribution in [3.63, 3.8) is 0 Å². The first kappa shape index (κ1) is 11.1. The molecule has 1 fully saturated rings. The van der Waals surface area contributed by atoms with Gasteiger partial charge < -0.3 is 15.2 Å². The summed E-state index contributed by atoms with van der Waals surface area (Å²) in [6, 6.07) is 8.14. The van der Waals surface area contributed by atoms with Crippen LogP contribution in [-0.4, -0.2) is 30.3 Å². The van der Waals surface area contributed by atoms with E-state index < -0.39 is 12.1 Å². The van der Waals surface area contributed by atoms with Gasteiger partial charge in [0.1, 0.15) is 0 Å². The first-order chi connectivity index (χ1) is 7.68. The highest BCUT2D eigenvalue weighted by atomic mass is 16.5. The number of carboxylic acids is 1. The van der Waals surface area contributed by atoms with Crippen molar-refractivity contribution in [1.29, 1.82) is 0 Å². The Bertz CT molecular complexity index is 384. The lowest BCUT2D eigenvalue weighted by molar-refractivity contribution is -0.153. The number of benzene rings is 1. The molecule has 86 valence electrons. The third-order valence-electron chi connectivity index (χ3n) is 2.85. The molecular weight excluding hydrogens is 206 g/mol. The number of carbonyl (C=O) groups is 1. The first-order valence-electron chi connectivity index (χ1n) is 5.32. The summed E-state index contributed by atoms with van der Waals surface area (Å²) in [5.41, 5.74) is 2.36. The Kier molecular flexibility index (Phi) is 3.22. The maximum absolute atomic E-state index is 10.7. The minimum atomic E-state index is -0.907. The standard InChI is InChI=1S/C12H15NO3/c1-8-4-2-3-5-9(8)10-7-16-11(6-13-10)12(14)15/h2-5,10-11,13H,6-7H2,1H3,(H,14,15). The van der Waals surface area contributed by atoms with E-state index in [1.54, 1.807) is 0 Å². The number of aliphatic carboxylic acids is 1. The zero-order valence-electron chi connectivity index (χ0n) is 9.14. The first-order valence-corrected chi connectivity index (χ1v) is 5.32. The van der Waals surface area contributed by atoms with Crippen LogP contribution in [0.2, 0.25) is 0 Å². The average molecular weight is 221 g/mol. The molecule has 1 aromatic carbocycles. The molecule has 1 aromatic rings. The van der Waals surface area contributed by atoms with Crippen LogP contribution in [0.4, 0.5) is 0 Å². The van der Waals surface area contributed by atoms with Crippen LogP contribution in [0.15, 0.2) is 24.3 Å². The van der Waals surface area contributed by atoms with Gasteiger partial charge in [0.05, 0.1) is 12.6 Å². The van der Waals surface area contributed by atoms with Crippen molar-refractivity contribution in [2.24, 2.45) is 0 Å². The normalized spacial score (nSPS) is 25.3. The zero-order chi connectivity index (χ0) is 11.5. The van der Waals surface area contributed by atoms with Gasteiger partial charge in [-0.1, -0.05) is 24.3 Å². The summed E-state index contributed by atoms with van der Waals surface area (Å²) in [6.07, 6.45) is -0.722. The highest BCUT2D eigenvalue weighted by molar-refractivity contribution is 5.72. The molecule has 1 saturated heterocycles. The topological polar surface area (TPSA) is 58.6 Å². The van der Waals surface area contributed by atoms with Crippen molar-refractivity contribution in [1.82, 2.24) is 5.32 Å². The summed E-state index contributed by atoms with van der Waals surface area (Å²) in [5.74, 6) is -0.907. The summed E-state index contributed by atoms with van der Waals surface area (Å²) in [6.45, 7) is 2.80. The zero-order valence-corrected chi connectivity index (χ0v) is 9.14. The minimum absolute atomic E-state index is 0.0943. The second-order valence-electron chi connectivity index (χ2n) is 3.98. The number of morpholine rings is 1. The Morgan fingerprint density at radius 2 is 2.25 bits per heavy atom.